The highest BCUT2D eigenvalue weighted by atomic mass is 16.1. The SMILES string of the molecule is CC(C)n1ccc2c(C(=O)NCCn3cnc4ccccc43)cccc21. The van der Waals surface area contributed by atoms with Gasteiger partial charge in [-0.1, -0.05) is 18.2 Å². The molecule has 1 N–H and O–H groups in total. The van der Waals surface area contributed by atoms with Crippen molar-refractivity contribution in [1.29, 1.82) is 0 Å². The van der Waals surface area contributed by atoms with Crippen LogP contribution < -0.4 is 5.32 Å². The Bertz CT molecular complexity index is 1070. The van der Waals surface area contributed by atoms with Gasteiger partial charge in [0.05, 0.1) is 17.4 Å². The lowest BCUT2D eigenvalue weighted by Gasteiger charge is -2.11. The molecule has 1 amide bonds. The predicted molar refractivity (Wildman–Crippen MR) is 104 cm³/mol. The summed E-state index contributed by atoms with van der Waals surface area (Å²) in [7, 11) is 0. The van der Waals surface area contributed by atoms with E-state index in [9.17, 15) is 4.79 Å². The van der Waals surface area contributed by atoms with Crippen LogP contribution in [0.15, 0.2) is 61.1 Å². The number of para-hydroxylation sites is 2. The lowest BCUT2D eigenvalue weighted by Crippen LogP contribution is -2.27. The first-order valence-corrected chi connectivity index (χ1v) is 8.93. The minimum Gasteiger partial charge on any atom is -0.350 e. The van der Waals surface area contributed by atoms with E-state index in [1.54, 1.807) is 0 Å². The highest BCUT2D eigenvalue weighted by Gasteiger charge is 2.13. The number of benzene rings is 2. The molecule has 0 fully saturated rings. The summed E-state index contributed by atoms with van der Waals surface area (Å²) in [5.41, 5.74) is 3.86. The van der Waals surface area contributed by atoms with E-state index in [2.05, 4.69) is 39.3 Å². The highest BCUT2D eigenvalue weighted by Crippen LogP contribution is 2.23. The van der Waals surface area contributed by atoms with Crippen LogP contribution in [0.1, 0.15) is 30.2 Å². The maximum atomic E-state index is 12.7. The van der Waals surface area contributed by atoms with Crippen molar-refractivity contribution in [2.24, 2.45) is 0 Å². The number of carbonyl (C=O) groups is 1. The zero-order valence-electron chi connectivity index (χ0n) is 15.0. The van der Waals surface area contributed by atoms with Gasteiger partial charge >= 0.3 is 0 Å². The van der Waals surface area contributed by atoms with Crippen molar-refractivity contribution in [3.05, 3.63) is 66.6 Å². The number of hydrogen-bond acceptors (Lipinski definition) is 2. The fraction of sp³-hybridized carbons (Fsp3) is 0.238. The molecule has 2 aromatic heterocycles. The van der Waals surface area contributed by atoms with Crippen LogP contribution in [0.25, 0.3) is 21.9 Å². The van der Waals surface area contributed by atoms with E-state index >= 15 is 0 Å². The molecule has 0 radical (unpaired) electrons. The average molecular weight is 346 g/mol. The highest BCUT2D eigenvalue weighted by molar-refractivity contribution is 6.06. The normalized spacial score (nSPS) is 11.5. The fourth-order valence-corrected chi connectivity index (χ4v) is 3.41. The Morgan fingerprint density at radius 2 is 1.88 bits per heavy atom. The zero-order valence-corrected chi connectivity index (χ0v) is 15.0. The zero-order chi connectivity index (χ0) is 18.1. The van der Waals surface area contributed by atoms with Gasteiger partial charge in [-0.05, 0) is 44.2 Å². The Hall–Kier alpha value is -3.08. The maximum Gasteiger partial charge on any atom is 0.252 e. The summed E-state index contributed by atoms with van der Waals surface area (Å²) in [6.45, 7) is 5.53. The summed E-state index contributed by atoms with van der Waals surface area (Å²) >= 11 is 0. The van der Waals surface area contributed by atoms with Gasteiger partial charge in [-0.15, -0.1) is 0 Å². The van der Waals surface area contributed by atoms with Crippen molar-refractivity contribution < 1.29 is 4.79 Å². The van der Waals surface area contributed by atoms with Crippen molar-refractivity contribution in [3.63, 3.8) is 0 Å². The first kappa shape index (κ1) is 16.4. The first-order chi connectivity index (χ1) is 12.6. The van der Waals surface area contributed by atoms with E-state index in [0.29, 0.717) is 19.1 Å². The minimum absolute atomic E-state index is 0.0403. The van der Waals surface area contributed by atoms with Crippen LogP contribution in [0.3, 0.4) is 0 Å². The number of amides is 1. The van der Waals surface area contributed by atoms with E-state index in [1.807, 2.05) is 55.0 Å². The Balaban J connectivity index is 1.49. The number of nitrogens with zero attached hydrogens (tertiary/aromatic N) is 3. The van der Waals surface area contributed by atoms with Gasteiger partial charge in [-0.3, -0.25) is 4.79 Å². The average Bonchev–Trinajstić information content (AvgIpc) is 3.26. The van der Waals surface area contributed by atoms with Crippen molar-refractivity contribution in [3.8, 4) is 0 Å². The van der Waals surface area contributed by atoms with E-state index in [0.717, 1.165) is 27.5 Å². The van der Waals surface area contributed by atoms with E-state index in [4.69, 9.17) is 0 Å². The number of hydrogen-bond donors (Lipinski definition) is 1. The van der Waals surface area contributed by atoms with Gasteiger partial charge in [-0.25, -0.2) is 4.98 Å². The molecule has 0 unspecified atom stereocenters. The summed E-state index contributed by atoms with van der Waals surface area (Å²) in [5, 5.41) is 4.03. The van der Waals surface area contributed by atoms with Crippen LogP contribution in [0.5, 0.6) is 0 Å². The Kier molecular flexibility index (Phi) is 4.21. The standard InChI is InChI=1S/C21H22N4O/c1-15(2)25-12-10-16-17(6-5-9-19(16)25)21(26)22-11-13-24-14-23-18-7-3-4-8-20(18)24/h3-10,12,14-15H,11,13H2,1-2H3,(H,22,26). The largest absolute Gasteiger partial charge is 0.350 e. The Morgan fingerprint density at radius 3 is 2.73 bits per heavy atom. The number of aromatic nitrogens is 3. The summed E-state index contributed by atoms with van der Waals surface area (Å²) in [4.78, 5) is 17.1. The van der Waals surface area contributed by atoms with Crippen molar-refractivity contribution in [1.82, 2.24) is 19.4 Å². The maximum absolute atomic E-state index is 12.7. The van der Waals surface area contributed by atoms with Crippen molar-refractivity contribution >= 4 is 27.8 Å². The van der Waals surface area contributed by atoms with Gasteiger partial charge in [-0.2, -0.15) is 0 Å². The molecule has 5 nitrogen and oxygen atoms in total. The van der Waals surface area contributed by atoms with Gasteiger partial charge in [0.2, 0.25) is 0 Å². The molecule has 0 atom stereocenters. The van der Waals surface area contributed by atoms with Gasteiger partial charge < -0.3 is 14.5 Å². The summed E-state index contributed by atoms with van der Waals surface area (Å²) in [6.07, 6.45) is 3.87. The Morgan fingerprint density at radius 1 is 1.08 bits per heavy atom. The molecule has 0 bridgehead atoms. The molecule has 4 aromatic rings. The molecule has 5 heteroatoms. The smallest absolute Gasteiger partial charge is 0.252 e. The summed E-state index contributed by atoms with van der Waals surface area (Å²) in [5.74, 6) is -0.0403. The number of imidazole rings is 1. The molecular weight excluding hydrogens is 324 g/mol. The van der Waals surface area contributed by atoms with E-state index < -0.39 is 0 Å². The number of carbonyl (C=O) groups excluding carboxylic acids is 1. The molecule has 0 spiro atoms. The molecule has 2 aromatic carbocycles. The van der Waals surface area contributed by atoms with E-state index in [1.165, 1.54) is 0 Å². The molecule has 132 valence electrons. The third-order valence-corrected chi connectivity index (χ3v) is 4.73. The van der Waals surface area contributed by atoms with Crippen LogP contribution in [0.4, 0.5) is 0 Å². The minimum atomic E-state index is -0.0403. The Labute approximate surface area is 152 Å². The van der Waals surface area contributed by atoms with Crippen LogP contribution in [-0.4, -0.2) is 26.6 Å². The third-order valence-electron chi connectivity index (χ3n) is 4.73. The van der Waals surface area contributed by atoms with Crippen LogP contribution in [-0.2, 0) is 6.54 Å². The number of nitrogens with one attached hydrogen (secondary N) is 1. The summed E-state index contributed by atoms with van der Waals surface area (Å²) < 4.78 is 4.25. The van der Waals surface area contributed by atoms with Gasteiger partial charge in [0.1, 0.15) is 0 Å². The number of rotatable bonds is 5. The monoisotopic (exact) mass is 346 g/mol. The quantitative estimate of drug-likeness (QED) is 0.594. The fourth-order valence-electron chi connectivity index (χ4n) is 3.41. The third kappa shape index (κ3) is 2.86. The van der Waals surface area contributed by atoms with E-state index in [-0.39, 0.29) is 5.91 Å². The van der Waals surface area contributed by atoms with Gasteiger partial charge in [0.15, 0.2) is 0 Å². The molecule has 0 aliphatic carbocycles. The van der Waals surface area contributed by atoms with Crippen molar-refractivity contribution in [2.45, 2.75) is 26.4 Å². The first-order valence-electron chi connectivity index (χ1n) is 8.93. The van der Waals surface area contributed by atoms with Crippen LogP contribution in [0.2, 0.25) is 0 Å². The second-order valence-electron chi connectivity index (χ2n) is 6.74. The second kappa shape index (κ2) is 6.67. The van der Waals surface area contributed by atoms with Crippen molar-refractivity contribution in [2.75, 3.05) is 6.54 Å². The van der Waals surface area contributed by atoms with Gasteiger partial charge in [0, 0.05) is 41.8 Å². The molecule has 2 heterocycles. The molecule has 0 saturated carbocycles. The van der Waals surface area contributed by atoms with Crippen LogP contribution >= 0.6 is 0 Å². The number of fused-ring (bicyclic) bond motifs is 2. The summed E-state index contributed by atoms with van der Waals surface area (Å²) in [6, 6.07) is 16.3. The lowest BCUT2D eigenvalue weighted by molar-refractivity contribution is 0.0954. The molecular formula is C21H22N4O. The molecule has 4 rings (SSSR count). The van der Waals surface area contributed by atoms with Crippen LogP contribution in [0, 0.1) is 0 Å². The lowest BCUT2D eigenvalue weighted by atomic mass is 10.1. The molecule has 26 heavy (non-hydrogen) atoms. The van der Waals surface area contributed by atoms with Gasteiger partial charge in [0.25, 0.3) is 5.91 Å². The topological polar surface area (TPSA) is 51.9 Å². The predicted octanol–water partition coefficient (Wildman–Crippen LogP) is 4.00. The molecule has 0 aliphatic rings. The molecule has 0 aliphatic heterocycles. The second-order valence-corrected chi connectivity index (χ2v) is 6.74. The molecule has 0 saturated heterocycles.